The molecule has 0 unspecified atom stereocenters. The Labute approximate surface area is 84.0 Å². The number of hydrogen-bond acceptors (Lipinski definition) is 2. The summed E-state index contributed by atoms with van der Waals surface area (Å²) in [6, 6.07) is 4.77. The molecular formula is C9H8BrNO2. The average molecular weight is 242 g/mol. The fourth-order valence-electron chi connectivity index (χ4n) is 0.831. The van der Waals surface area contributed by atoms with E-state index in [-0.39, 0.29) is 5.75 Å². The molecule has 4 heteroatoms. The van der Waals surface area contributed by atoms with E-state index in [1.807, 2.05) is 0 Å². The number of carbonyl (C=O) groups is 1. The molecule has 3 nitrogen and oxygen atoms in total. The fourth-order valence-corrected chi connectivity index (χ4v) is 1.21. The molecule has 13 heavy (non-hydrogen) atoms. The van der Waals surface area contributed by atoms with Crippen LogP contribution in [0.1, 0.15) is 5.56 Å². The lowest BCUT2D eigenvalue weighted by Gasteiger charge is -1.98. The van der Waals surface area contributed by atoms with Gasteiger partial charge in [0.15, 0.2) is 0 Å². The maximum absolute atomic E-state index is 10.4. The van der Waals surface area contributed by atoms with E-state index in [1.54, 1.807) is 12.1 Å². The first kappa shape index (κ1) is 9.80. The van der Waals surface area contributed by atoms with Crippen LogP contribution >= 0.6 is 15.9 Å². The molecule has 0 aliphatic rings. The Morgan fingerprint density at radius 2 is 2.23 bits per heavy atom. The molecule has 68 valence electrons. The van der Waals surface area contributed by atoms with Gasteiger partial charge in [0, 0.05) is 10.5 Å². The number of aromatic hydroxyl groups is 1. The van der Waals surface area contributed by atoms with Crippen molar-refractivity contribution in [3.05, 3.63) is 34.3 Å². The van der Waals surface area contributed by atoms with Crippen molar-refractivity contribution >= 4 is 27.9 Å². The second-order valence-corrected chi connectivity index (χ2v) is 3.30. The number of carbonyl (C=O) groups excluding carboxylic acids is 1. The van der Waals surface area contributed by atoms with Crippen molar-refractivity contribution in [1.82, 2.24) is 0 Å². The molecule has 0 aliphatic heterocycles. The first-order valence-electron chi connectivity index (χ1n) is 3.55. The first-order chi connectivity index (χ1) is 6.09. The van der Waals surface area contributed by atoms with E-state index in [1.165, 1.54) is 18.2 Å². The molecule has 0 radical (unpaired) electrons. The van der Waals surface area contributed by atoms with Gasteiger partial charge in [-0.25, -0.2) is 0 Å². The molecule has 1 amide bonds. The van der Waals surface area contributed by atoms with Gasteiger partial charge in [-0.15, -0.1) is 0 Å². The van der Waals surface area contributed by atoms with E-state index < -0.39 is 5.91 Å². The second-order valence-electron chi connectivity index (χ2n) is 2.44. The van der Waals surface area contributed by atoms with E-state index in [0.29, 0.717) is 5.56 Å². The Bertz CT molecular complexity index is 361. The highest BCUT2D eigenvalue weighted by Crippen LogP contribution is 2.22. The molecule has 1 rings (SSSR count). The van der Waals surface area contributed by atoms with Crippen LogP contribution in [0.3, 0.4) is 0 Å². The molecule has 0 fully saturated rings. The number of benzene rings is 1. The van der Waals surface area contributed by atoms with Crippen LogP contribution in [0.5, 0.6) is 5.75 Å². The van der Waals surface area contributed by atoms with Gasteiger partial charge in [-0.1, -0.05) is 15.9 Å². The molecule has 0 saturated heterocycles. The van der Waals surface area contributed by atoms with E-state index >= 15 is 0 Å². The lowest BCUT2D eigenvalue weighted by molar-refractivity contribution is -0.113. The summed E-state index contributed by atoms with van der Waals surface area (Å²) in [5, 5.41) is 9.13. The smallest absolute Gasteiger partial charge is 0.241 e. The number of rotatable bonds is 2. The third-order valence-electron chi connectivity index (χ3n) is 1.41. The highest BCUT2D eigenvalue weighted by molar-refractivity contribution is 9.10. The zero-order chi connectivity index (χ0) is 9.84. The van der Waals surface area contributed by atoms with Gasteiger partial charge in [0.05, 0.1) is 0 Å². The normalized spacial score (nSPS) is 10.5. The fraction of sp³-hybridized carbons (Fsp3) is 0. The minimum Gasteiger partial charge on any atom is -0.508 e. The number of phenolic OH excluding ortho intramolecular Hbond substituents is 1. The lowest BCUT2D eigenvalue weighted by Crippen LogP contribution is -2.05. The van der Waals surface area contributed by atoms with Crippen LogP contribution < -0.4 is 5.73 Å². The van der Waals surface area contributed by atoms with Crippen molar-refractivity contribution in [2.75, 3.05) is 0 Å². The number of halogens is 1. The quantitative estimate of drug-likeness (QED) is 0.774. The standard InChI is InChI=1S/C9H8BrNO2/c10-8-3-2-7(12)5-6(8)1-4-9(11)13/h1-5,12H,(H2,11,13). The predicted octanol–water partition coefficient (Wildman–Crippen LogP) is 1.65. The van der Waals surface area contributed by atoms with Crippen molar-refractivity contribution in [3.8, 4) is 5.75 Å². The van der Waals surface area contributed by atoms with Crippen LogP contribution in [0.4, 0.5) is 0 Å². The summed E-state index contributed by atoms with van der Waals surface area (Å²) in [6.07, 6.45) is 2.77. The first-order valence-corrected chi connectivity index (χ1v) is 4.35. The summed E-state index contributed by atoms with van der Waals surface area (Å²) in [6.45, 7) is 0. The van der Waals surface area contributed by atoms with Gasteiger partial charge in [-0.3, -0.25) is 4.79 Å². The number of nitrogens with two attached hydrogens (primary N) is 1. The minimum absolute atomic E-state index is 0.146. The largest absolute Gasteiger partial charge is 0.508 e. The van der Waals surface area contributed by atoms with Crippen LogP contribution in [0.2, 0.25) is 0 Å². The number of phenols is 1. The number of primary amides is 1. The zero-order valence-corrected chi connectivity index (χ0v) is 8.28. The van der Waals surface area contributed by atoms with E-state index in [9.17, 15) is 4.79 Å². The molecule has 0 aliphatic carbocycles. The number of amides is 1. The second kappa shape index (κ2) is 4.09. The molecule has 0 aromatic heterocycles. The van der Waals surface area contributed by atoms with Gasteiger partial charge >= 0.3 is 0 Å². The Morgan fingerprint density at radius 3 is 2.85 bits per heavy atom. The number of hydrogen-bond donors (Lipinski definition) is 2. The van der Waals surface area contributed by atoms with Gasteiger partial charge < -0.3 is 10.8 Å². The summed E-state index contributed by atoms with van der Waals surface area (Å²) in [7, 11) is 0. The van der Waals surface area contributed by atoms with E-state index in [0.717, 1.165) is 4.47 Å². The summed E-state index contributed by atoms with van der Waals surface area (Å²) >= 11 is 3.27. The van der Waals surface area contributed by atoms with Crippen LogP contribution in [0.25, 0.3) is 6.08 Å². The van der Waals surface area contributed by atoms with Crippen molar-refractivity contribution in [3.63, 3.8) is 0 Å². The Morgan fingerprint density at radius 1 is 1.54 bits per heavy atom. The van der Waals surface area contributed by atoms with Gasteiger partial charge in [0.1, 0.15) is 5.75 Å². The molecule has 0 atom stereocenters. The van der Waals surface area contributed by atoms with Crippen molar-refractivity contribution < 1.29 is 9.90 Å². The summed E-state index contributed by atoms with van der Waals surface area (Å²) in [5.74, 6) is -0.373. The Kier molecular flexibility index (Phi) is 3.08. The zero-order valence-electron chi connectivity index (χ0n) is 6.70. The maximum Gasteiger partial charge on any atom is 0.241 e. The summed E-state index contributed by atoms with van der Waals surface area (Å²) in [5.41, 5.74) is 5.63. The van der Waals surface area contributed by atoms with Gasteiger partial charge in [-0.05, 0) is 29.8 Å². The molecular weight excluding hydrogens is 234 g/mol. The van der Waals surface area contributed by atoms with Crippen molar-refractivity contribution in [2.45, 2.75) is 0 Å². The van der Waals surface area contributed by atoms with Gasteiger partial charge in [0.2, 0.25) is 5.91 Å². The molecule has 0 heterocycles. The van der Waals surface area contributed by atoms with Crippen molar-refractivity contribution in [1.29, 1.82) is 0 Å². The maximum atomic E-state index is 10.4. The highest BCUT2D eigenvalue weighted by Gasteiger charge is 1.97. The minimum atomic E-state index is -0.518. The van der Waals surface area contributed by atoms with Crippen LogP contribution in [-0.2, 0) is 4.79 Å². The SMILES string of the molecule is NC(=O)C=Cc1cc(O)ccc1Br. The van der Waals surface area contributed by atoms with Gasteiger partial charge in [-0.2, -0.15) is 0 Å². The molecule has 0 bridgehead atoms. The average Bonchev–Trinajstić information content (AvgIpc) is 2.06. The predicted molar refractivity (Wildman–Crippen MR) is 54.0 cm³/mol. The van der Waals surface area contributed by atoms with E-state index in [2.05, 4.69) is 15.9 Å². The van der Waals surface area contributed by atoms with Crippen LogP contribution in [0, 0.1) is 0 Å². The summed E-state index contributed by atoms with van der Waals surface area (Å²) < 4.78 is 0.794. The molecule has 1 aromatic rings. The van der Waals surface area contributed by atoms with Crippen LogP contribution in [0.15, 0.2) is 28.7 Å². The lowest BCUT2D eigenvalue weighted by atomic mass is 10.2. The van der Waals surface area contributed by atoms with Crippen molar-refractivity contribution in [2.24, 2.45) is 5.73 Å². The molecule has 1 aromatic carbocycles. The van der Waals surface area contributed by atoms with E-state index in [4.69, 9.17) is 10.8 Å². The van der Waals surface area contributed by atoms with Gasteiger partial charge in [0.25, 0.3) is 0 Å². The van der Waals surface area contributed by atoms with Crippen LogP contribution in [-0.4, -0.2) is 11.0 Å². The summed E-state index contributed by atoms with van der Waals surface area (Å²) in [4.78, 5) is 10.4. The highest BCUT2D eigenvalue weighted by atomic mass is 79.9. The molecule has 0 spiro atoms. The molecule has 0 saturated carbocycles. The third kappa shape index (κ3) is 2.91. The molecule has 3 N–H and O–H groups in total. The third-order valence-corrected chi connectivity index (χ3v) is 2.13. The monoisotopic (exact) mass is 241 g/mol. The Hall–Kier alpha value is -1.29. The topological polar surface area (TPSA) is 63.3 Å². The Balaban J connectivity index is 3.00.